The van der Waals surface area contributed by atoms with Crippen molar-refractivity contribution in [3.05, 3.63) is 40.4 Å². The molecule has 0 aliphatic rings. The quantitative estimate of drug-likeness (QED) is 0.742. The van der Waals surface area contributed by atoms with E-state index < -0.39 is 0 Å². The zero-order chi connectivity index (χ0) is 17.7. The summed E-state index contributed by atoms with van der Waals surface area (Å²) < 4.78 is 4.36. The fourth-order valence-corrected chi connectivity index (χ4v) is 2.93. The van der Waals surface area contributed by atoms with Gasteiger partial charge in [-0.25, -0.2) is 4.68 Å². The van der Waals surface area contributed by atoms with E-state index in [0.29, 0.717) is 17.3 Å². The van der Waals surface area contributed by atoms with Crippen molar-refractivity contribution in [3.8, 4) is 0 Å². The largest absolute Gasteiger partial charge is 0.388 e. The molecule has 1 heterocycles. The molecule has 1 aromatic heterocycles. The number of aliphatic hydroxyl groups excluding tert-OH is 1. The molecular formula is C17H27N5OS. The van der Waals surface area contributed by atoms with E-state index in [2.05, 4.69) is 46.1 Å². The molecule has 1 aromatic carbocycles. The fourth-order valence-electron chi connectivity index (χ4n) is 2.63. The predicted octanol–water partition coefficient (Wildman–Crippen LogP) is 2.47. The van der Waals surface area contributed by atoms with Crippen molar-refractivity contribution >= 4 is 17.9 Å². The van der Waals surface area contributed by atoms with E-state index in [1.54, 1.807) is 4.68 Å². The first kappa shape index (κ1) is 18.6. The Balaban J connectivity index is 2.06. The minimum atomic E-state index is -0.0909. The van der Waals surface area contributed by atoms with Crippen LogP contribution in [0, 0.1) is 4.77 Å². The monoisotopic (exact) mass is 349 g/mol. The van der Waals surface area contributed by atoms with Crippen LogP contribution in [0.4, 0.5) is 5.69 Å². The maximum absolute atomic E-state index is 9.46. The van der Waals surface area contributed by atoms with Gasteiger partial charge in [-0.05, 0) is 43.4 Å². The average Bonchev–Trinajstić information content (AvgIpc) is 2.84. The number of hydrogen-bond acceptors (Lipinski definition) is 5. The second-order valence-electron chi connectivity index (χ2n) is 6.22. The molecule has 132 valence electrons. The normalized spacial score (nSPS) is 11.2. The van der Waals surface area contributed by atoms with Gasteiger partial charge in [0.05, 0.1) is 6.67 Å². The molecule has 0 aliphatic heterocycles. The van der Waals surface area contributed by atoms with Gasteiger partial charge in [-0.2, -0.15) is 5.10 Å². The smallest absolute Gasteiger partial charge is 0.199 e. The minimum absolute atomic E-state index is 0.0909. The van der Waals surface area contributed by atoms with E-state index in [1.165, 1.54) is 11.3 Å². The molecule has 0 amide bonds. The first-order valence-electron chi connectivity index (χ1n) is 8.18. The molecule has 0 fully saturated rings. The molecule has 0 radical (unpaired) electrons. The van der Waals surface area contributed by atoms with Crippen molar-refractivity contribution in [1.29, 1.82) is 0 Å². The van der Waals surface area contributed by atoms with Gasteiger partial charge >= 0.3 is 0 Å². The van der Waals surface area contributed by atoms with E-state index in [0.717, 1.165) is 19.5 Å². The zero-order valence-electron chi connectivity index (χ0n) is 14.9. The summed E-state index contributed by atoms with van der Waals surface area (Å²) in [5, 5.41) is 13.9. The van der Waals surface area contributed by atoms with Crippen LogP contribution in [0.25, 0.3) is 0 Å². The van der Waals surface area contributed by atoms with Gasteiger partial charge in [0, 0.05) is 32.9 Å². The van der Waals surface area contributed by atoms with Gasteiger partial charge in [0.15, 0.2) is 10.6 Å². The Morgan fingerprint density at radius 3 is 2.38 bits per heavy atom. The summed E-state index contributed by atoms with van der Waals surface area (Å²) in [6, 6.07) is 8.52. The number of hydrogen-bond donors (Lipinski definition) is 1. The number of rotatable bonds is 8. The number of benzene rings is 1. The summed E-state index contributed by atoms with van der Waals surface area (Å²) in [6.45, 7) is 4.18. The molecule has 0 bridgehead atoms. The number of anilines is 1. The Bertz CT molecular complexity index is 705. The maximum atomic E-state index is 9.46. The highest BCUT2D eigenvalue weighted by atomic mass is 32.1. The van der Waals surface area contributed by atoms with E-state index in [4.69, 9.17) is 12.2 Å². The van der Waals surface area contributed by atoms with Crippen LogP contribution in [0.1, 0.15) is 24.7 Å². The van der Waals surface area contributed by atoms with Gasteiger partial charge < -0.3 is 14.6 Å². The SMILES string of the molecule is CCCn1c(CO)nn(CN(C)Cc2ccc(N(C)C)cc2)c1=S. The Labute approximate surface area is 148 Å². The van der Waals surface area contributed by atoms with Gasteiger partial charge in [-0.3, -0.25) is 4.90 Å². The van der Waals surface area contributed by atoms with Crippen LogP contribution in [0.3, 0.4) is 0 Å². The van der Waals surface area contributed by atoms with Crippen LogP contribution >= 0.6 is 12.2 Å². The number of aliphatic hydroxyl groups is 1. The number of nitrogens with zero attached hydrogens (tertiary/aromatic N) is 5. The van der Waals surface area contributed by atoms with Crippen molar-refractivity contribution < 1.29 is 5.11 Å². The highest BCUT2D eigenvalue weighted by Crippen LogP contribution is 2.14. The third kappa shape index (κ3) is 4.43. The highest BCUT2D eigenvalue weighted by molar-refractivity contribution is 7.71. The summed E-state index contributed by atoms with van der Waals surface area (Å²) in [5.41, 5.74) is 2.43. The first-order chi connectivity index (χ1) is 11.5. The number of aromatic nitrogens is 3. The maximum Gasteiger partial charge on any atom is 0.199 e. The van der Waals surface area contributed by atoms with Crippen molar-refractivity contribution in [2.45, 2.75) is 39.7 Å². The van der Waals surface area contributed by atoms with Crippen molar-refractivity contribution in [1.82, 2.24) is 19.2 Å². The highest BCUT2D eigenvalue weighted by Gasteiger charge is 2.11. The third-order valence-electron chi connectivity index (χ3n) is 3.87. The molecule has 6 nitrogen and oxygen atoms in total. The Morgan fingerprint density at radius 2 is 1.83 bits per heavy atom. The van der Waals surface area contributed by atoms with Crippen LogP contribution in [0.2, 0.25) is 0 Å². The van der Waals surface area contributed by atoms with E-state index in [-0.39, 0.29) is 6.61 Å². The summed E-state index contributed by atoms with van der Waals surface area (Å²) in [4.78, 5) is 4.24. The van der Waals surface area contributed by atoms with Gasteiger partial charge in [0.2, 0.25) is 0 Å². The molecule has 0 atom stereocenters. The molecule has 2 aromatic rings. The summed E-state index contributed by atoms with van der Waals surface area (Å²) >= 11 is 5.49. The molecule has 0 spiro atoms. The van der Waals surface area contributed by atoms with E-state index in [1.807, 2.05) is 25.7 Å². The summed E-state index contributed by atoms with van der Waals surface area (Å²) in [6.07, 6.45) is 0.959. The standard InChI is InChI=1S/C17H27N5OS/c1-5-10-21-16(12-23)18-22(17(21)24)13-20(4)11-14-6-8-15(9-7-14)19(2)3/h6-9,23H,5,10-13H2,1-4H3. The molecule has 2 rings (SSSR count). The van der Waals surface area contributed by atoms with Crippen LogP contribution in [0.5, 0.6) is 0 Å². The molecule has 7 heteroatoms. The van der Waals surface area contributed by atoms with Crippen molar-refractivity contribution in [3.63, 3.8) is 0 Å². The molecule has 0 unspecified atom stereocenters. The summed E-state index contributed by atoms with van der Waals surface area (Å²) in [5.74, 6) is 0.630. The lowest BCUT2D eigenvalue weighted by Gasteiger charge is -2.18. The second-order valence-corrected chi connectivity index (χ2v) is 6.59. The summed E-state index contributed by atoms with van der Waals surface area (Å²) in [7, 11) is 6.11. The van der Waals surface area contributed by atoms with E-state index >= 15 is 0 Å². The lowest BCUT2D eigenvalue weighted by atomic mass is 10.2. The van der Waals surface area contributed by atoms with Crippen LogP contribution in [-0.2, 0) is 26.4 Å². The van der Waals surface area contributed by atoms with E-state index in [9.17, 15) is 5.11 Å². The second kappa shape index (κ2) is 8.41. The molecule has 0 saturated carbocycles. The topological polar surface area (TPSA) is 49.5 Å². The lowest BCUT2D eigenvalue weighted by Crippen LogP contribution is -2.22. The average molecular weight is 350 g/mol. The molecule has 0 saturated heterocycles. The zero-order valence-corrected chi connectivity index (χ0v) is 15.8. The van der Waals surface area contributed by atoms with Gasteiger partial charge in [-0.1, -0.05) is 19.1 Å². The predicted molar refractivity (Wildman–Crippen MR) is 99.5 cm³/mol. The van der Waals surface area contributed by atoms with Crippen molar-refractivity contribution in [2.75, 3.05) is 26.0 Å². The Morgan fingerprint density at radius 1 is 1.17 bits per heavy atom. The molecule has 1 N–H and O–H groups in total. The third-order valence-corrected chi connectivity index (χ3v) is 4.30. The molecular weight excluding hydrogens is 322 g/mol. The van der Waals surface area contributed by atoms with Crippen LogP contribution in [0.15, 0.2) is 24.3 Å². The Kier molecular flexibility index (Phi) is 6.53. The first-order valence-corrected chi connectivity index (χ1v) is 8.59. The minimum Gasteiger partial charge on any atom is -0.388 e. The van der Waals surface area contributed by atoms with Gasteiger partial charge in [-0.15, -0.1) is 0 Å². The van der Waals surface area contributed by atoms with Crippen LogP contribution in [-0.4, -0.2) is 45.5 Å². The van der Waals surface area contributed by atoms with Gasteiger partial charge in [0.25, 0.3) is 0 Å². The molecule has 24 heavy (non-hydrogen) atoms. The van der Waals surface area contributed by atoms with Crippen molar-refractivity contribution in [2.24, 2.45) is 0 Å². The van der Waals surface area contributed by atoms with Crippen LogP contribution < -0.4 is 4.90 Å². The fraction of sp³-hybridized carbons (Fsp3) is 0.529. The lowest BCUT2D eigenvalue weighted by molar-refractivity contribution is 0.238. The molecule has 0 aliphatic carbocycles. The van der Waals surface area contributed by atoms with Gasteiger partial charge in [0.1, 0.15) is 6.61 Å². The Hall–Kier alpha value is -1.70.